The molecular weight excluding hydrogens is 527 g/mol. The molecule has 1 saturated carbocycles. The standard InChI is InChI=1S/C33H34F3N3O2/c1-21-27(26-10-12-30(40)38-31(26)41)18-24-17-23(7-11-29(24)37-21)28-13-16-39(20-32(28)14-3-2-4-15-32)19-22-5-8-25(9-6-22)33(34,35)36/h5-9,11,13,17-18,26H,2-4,10,12,14-16,19-20H2,1H3,(H,38,40,41). The van der Waals surface area contributed by atoms with Gasteiger partial charge in [0.25, 0.3) is 0 Å². The highest BCUT2D eigenvalue weighted by molar-refractivity contribution is 6.01. The molecule has 214 valence electrons. The fourth-order valence-electron chi connectivity index (χ4n) is 7.07. The van der Waals surface area contributed by atoms with E-state index in [0.29, 0.717) is 19.4 Å². The van der Waals surface area contributed by atoms with E-state index in [9.17, 15) is 22.8 Å². The number of carbonyl (C=O) groups excluding carboxylic acids is 2. The first-order valence-electron chi connectivity index (χ1n) is 14.5. The molecule has 2 amide bonds. The fraction of sp³-hybridized carbons (Fsp3) is 0.424. The number of benzene rings is 2. The molecule has 0 radical (unpaired) electrons. The molecule has 1 unspecified atom stereocenters. The van der Waals surface area contributed by atoms with Crippen LogP contribution in [0, 0.1) is 12.3 Å². The number of piperidine rings is 1. The normalized spacial score (nSPS) is 21.7. The number of hydrogen-bond donors (Lipinski definition) is 1. The molecule has 41 heavy (non-hydrogen) atoms. The average Bonchev–Trinajstić information content (AvgIpc) is 2.93. The third-order valence-corrected chi connectivity index (χ3v) is 9.12. The smallest absolute Gasteiger partial charge is 0.296 e. The summed E-state index contributed by atoms with van der Waals surface area (Å²) >= 11 is 0. The number of halogens is 3. The van der Waals surface area contributed by atoms with Gasteiger partial charge in [-0.15, -0.1) is 0 Å². The summed E-state index contributed by atoms with van der Waals surface area (Å²) < 4.78 is 39.1. The minimum atomic E-state index is -4.33. The van der Waals surface area contributed by atoms with Gasteiger partial charge in [0.15, 0.2) is 0 Å². The lowest BCUT2D eigenvalue weighted by Crippen LogP contribution is -2.43. The molecule has 1 N–H and O–H groups in total. The number of aryl methyl sites for hydroxylation is 1. The summed E-state index contributed by atoms with van der Waals surface area (Å²) in [5, 5.41) is 3.44. The Morgan fingerprint density at radius 1 is 1.02 bits per heavy atom. The van der Waals surface area contributed by atoms with Crippen molar-refractivity contribution >= 4 is 28.3 Å². The van der Waals surface area contributed by atoms with E-state index in [1.54, 1.807) is 12.1 Å². The van der Waals surface area contributed by atoms with E-state index >= 15 is 0 Å². The minimum absolute atomic E-state index is 0.0132. The summed E-state index contributed by atoms with van der Waals surface area (Å²) in [4.78, 5) is 31.5. The van der Waals surface area contributed by atoms with Crippen LogP contribution in [0.5, 0.6) is 0 Å². The number of hydrogen-bond acceptors (Lipinski definition) is 4. The summed E-state index contributed by atoms with van der Waals surface area (Å²) in [6.07, 6.45) is 4.46. The van der Waals surface area contributed by atoms with E-state index in [2.05, 4.69) is 40.6 Å². The quantitative estimate of drug-likeness (QED) is 0.351. The summed E-state index contributed by atoms with van der Waals surface area (Å²) in [7, 11) is 0. The highest BCUT2D eigenvalue weighted by Crippen LogP contribution is 2.49. The second-order valence-corrected chi connectivity index (χ2v) is 11.9. The molecule has 0 bridgehead atoms. The highest BCUT2D eigenvalue weighted by Gasteiger charge is 2.40. The van der Waals surface area contributed by atoms with Gasteiger partial charge in [-0.3, -0.25) is 24.8 Å². The lowest BCUT2D eigenvalue weighted by molar-refractivity contribution is -0.138. The number of nitrogens with one attached hydrogen (secondary N) is 1. The molecule has 8 heteroatoms. The van der Waals surface area contributed by atoms with Crippen LogP contribution in [0.25, 0.3) is 16.5 Å². The Kier molecular flexibility index (Phi) is 7.22. The summed E-state index contributed by atoms with van der Waals surface area (Å²) in [5.74, 6) is -0.870. The minimum Gasteiger partial charge on any atom is -0.296 e. The molecule has 1 saturated heterocycles. The van der Waals surface area contributed by atoms with Gasteiger partial charge in [-0.25, -0.2) is 0 Å². The molecule has 2 aliphatic heterocycles. The number of fused-ring (bicyclic) bond motifs is 1. The van der Waals surface area contributed by atoms with Crippen molar-refractivity contribution in [2.75, 3.05) is 13.1 Å². The molecule has 1 spiro atoms. The van der Waals surface area contributed by atoms with Crippen molar-refractivity contribution in [1.82, 2.24) is 15.2 Å². The zero-order valence-electron chi connectivity index (χ0n) is 23.2. The number of amides is 2. The summed E-state index contributed by atoms with van der Waals surface area (Å²) in [5.41, 5.74) is 5.30. The van der Waals surface area contributed by atoms with Crippen LogP contribution in [0.3, 0.4) is 0 Å². The predicted octanol–water partition coefficient (Wildman–Crippen LogP) is 6.93. The second kappa shape index (κ2) is 10.7. The van der Waals surface area contributed by atoms with Crippen molar-refractivity contribution in [3.8, 4) is 0 Å². The number of imide groups is 1. The molecule has 5 nitrogen and oxygen atoms in total. The number of rotatable bonds is 4. The van der Waals surface area contributed by atoms with Crippen molar-refractivity contribution in [2.24, 2.45) is 5.41 Å². The van der Waals surface area contributed by atoms with Crippen LogP contribution in [0.15, 0.2) is 54.6 Å². The Labute approximate surface area is 237 Å². The van der Waals surface area contributed by atoms with E-state index in [1.807, 2.05) is 6.92 Å². The van der Waals surface area contributed by atoms with Crippen molar-refractivity contribution in [2.45, 2.75) is 70.5 Å². The number of carbonyl (C=O) groups is 2. The lowest BCUT2D eigenvalue weighted by atomic mass is 9.65. The van der Waals surface area contributed by atoms with Gasteiger partial charge in [0.05, 0.1) is 17.0 Å². The topological polar surface area (TPSA) is 62.3 Å². The third-order valence-electron chi connectivity index (χ3n) is 9.12. The zero-order valence-corrected chi connectivity index (χ0v) is 23.2. The maximum absolute atomic E-state index is 13.0. The molecule has 3 heterocycles. The van der Waals surface area contributed by atoms with E-state index in [1.165, 1.54) is 24.1 Å². The van der Waals surface area contributed by atoms with E-state index in [4.69, 9.17) is 4.98 Å². The number of nitrogens with zero attached hydrogens (tertiary/aromatic N) is 2. The van der Waals surface area contributed by atoms with Crippen LogP contribution < -0.4 is 5.32 Å². The second-order valence-electron chi connectivity index (χ2n) is 11.9. The number of aromatic nitrogens is 1. The Balaban J connectivity index is 1.30. The van der Waals surface area contributed by atoms with Gasteiger partial charge >= 0.3 is 6.18 Å². The molecule has 1 aliphatic carbocycles. The summed E-state index contributed by atoms with van der Waals surface area (Å²) in [6.45, 7) is 4.12. The Hall–Kier alpha value is -3.52. The van der Waals surface area contributed by atoms with Crippen molar-refractivity contribution in [3.05, 3.63) is 82.6 Å². The van der Waals surface area contributed by atoms with Gasteiger partial charge in [0, 0.05) is 42.6 Å². The van der Waals surface area contributed by atoms with Crippen molar-refractivity contribution in [1.29, 1.82) is 0 Å². The molecule has 1 aromatic heterocycles. The first kappa shape index (κ1) is 27.6. The monoisotopic (exact) mass is 561 g/mol. The van der Waals surface area contributed by atoms with E-state index in [-0.39, 0.29) is 23.1 Å². The van der Waals surface area contributed by atoms with Crippen LogP contribution in [0.2, 0.25) is 0 Å². The van der Waals surface area contributed by atoms with Crippen LogP contribution in [-0.4, -0.2) is 34.8 Å². The molecule has 3 aliphatic rings. The van der Waals surface area contributed by atoms with Gasteiger partial charge in [0.2, 0.25) is 11.8 Å². The summed E-state index contributed by atoms with van der Waals surface area (Å²) in [6, 6.07) is 14.0. The van der Waals surface area contributed by atoms with Crippen molar-refractivity contribution < 1.29 is 22.8 Å². The van der Waals surface area contributed by atoms with E-state index in [0.717, 1.165) is 72.1 Å². The molecule has 3 aromatic rings. The van der Waals surface area contributed by atoms with Crippen LogP contribution in [0.1, 0.15) is 78.8 Å². The number of pyridine rings is 1. The van der Waals surface area contributed by atoms with Crippen LogP contribution in [-0.2, 0) is 22.3 Å². The van der Waals surface area contributed by atoms with Gasteiger partial charge in [-0.05, 0) is 78.8 Å². The Bertz CT molecular complexity index is 1520. The lowest BCUT2D eigenvalue weighted by Gasteiger charge is -2.46. The van der Waals surface area contributed by atoms with Gasteiger partial charge in [-0.1, -0.05) is 43.5 Å². The average molecular weight is 562 g/mol. The predicted molar refractivity (Wildman–Crippen MR) is 152 cm³/mol. The van der Waals surface area contributed by atoms with Gasteiger partial charge < -0.3 is 0 Å². The third kappa shape index (κ3) is 5.54. The number of alkyl halides is 3. The zero-order chi connectivity index (χ0) is 28.8. The van der Waals surface area contributed by atoms with Crippen LogP contribution >= 0.6 is 0 Å². The molecule has 1 atom stereocenters. The van der Waals surface area contributed by atoms with Crippen molar-refractivity contribution in [3.63, 3.8) is 0 Å². The Morgan fingerprint density at radius 2 is 1.78 bits per heavy atom. The van der Waals surface area contributed by atoms with Gasteiger partial charge in [0.1, 0.15) is 0 Å². The van der Waals surface area contributed by atoms with E-state index < -0.39 is 11.7 Å². The highest BCUT2D eigenvalue weighted by atomic mass is 19.4. The molecule has 2 fully saturated rings. The first-order valence-corrected chi connectivity index (χ1v) is 14.5. The first-order chi connectivity index (χ1) is 19.6. The van der Waals surface area contributed by atoms with Crippen LogP contribution in [0.4, 0.5) is 13.2 Å². The fourth-order valence-corrected chi connectivity index (χ4v) is 7.07. The maximum Gasteiger partial charge on any atom is 0.416 e. The largest absolute Gasteiger partial charge is 0.416 e. The molecule has 2 aromatic carbocycles. The Morgan fingerprint density at radius 3 is 2.49 bits per heavy atom. The molecule has 6 rings (SSSR count). The maximum atomic E-state index is 13.0. The van der Waals surface area contributed by atoms with Gasteiger partial charge in [-0.2, -0.15) is 13.2 Å². The molecular formula is C33H34F3N3O2. The SMILES string of the molecule is Cc1nc2ccc(C3=CCN(Cc4ccc(C(F)(F)F)cc4)CC34CCCCC4)cc2cc1C1CCC(=O)NC1=O.